The Morgan fingerprint density at radius 1 is 1.41 bits per heavy atom. The Labute approximate surface area is 128 Å². The molecular formula is C14H20N4O4. The highest BCUT2D eigenvalue weighted by Gasteiger charge is 2.26. The first kappa shape index (κ1) is 16.0. The second-order valence-corrected chi connectivity index (χ2v) is 5.39. The number of esters is 1. The predicted octanol–water partition coefficient (Wildman–Crippen LogP) is 0.987. The summed E-state index contributed by atoms with van der Waals surface area (Å²) in [4.78, 5) is 34.5. The Bertz CT molecular complexity index is 590. The predicted molar refractivity (Wildman–Crippen MR) is 78.1 cm³/mol. The molecule has 0 spiro atoms. The Hall–Kier alpha value is -2.38. The molecule has 1 heterocycles. The summed E-state index contributed by atoms with van der Waals surface area (Å²) >= 11 is 0. The molecule has 0 bridgehead atoms. The molecule has 1 aromatic heterocycles. The number of nitrogens with zero attached hydrogens (tertiary/aromatic N) is 2. The van der Waals surface area contributed by atoms with Crippen molar-refractivity contribution in [1.29, 1.82) is 0 Å². The van der Waals surface area contributed by atoms with Crippen LogP contribution in [0.1, 0.15) is 55.9 Å². The quantitative estimate of drug-likeness (QED) is 0.787. The molecule has 1 atom stereocenters. The lowest BCUT2D eigenvalue weighted by Crippen LogP contribution is -2.31. The number of ether oxygens (including phenoxy) is 1. The third kappa shape index (κ3) is 3.44. The molecule has 1 aliphatic carbocycles. The molecule has 1 saturated carbocycles. The highest BCUT2D eigenvalue weighted by Crippen LogP contribution is 2.32. The number of primary amides is 1. The fraction of sp³-hybridized carbons (Fsp3) is 0.571. The van der Waals surface area contributed by atoms with E-state index in [1.165, 1.54) is 20.0 Å². The third-order valence-electron chi connectivity index (χ3n) is 3.69. The molecule has 22 heavy (non-hydrogen) atoms. The van der Waals surface area contributed by atoms with Crippen molar-refractivity contribution in [3.8, 4) is 0 Å². The lowest BCUT2D eigenvalue weighted by atomic mass is 10.2. The fourth-order valence-corrected chi connectivity index (χ4v) is 2.61. The van der Waals surface area contributed by atoms with E-state index in [1.54, 1.807) is 4.68 Å². The molecule has 1 aliphatic rings. The van der Waals surface area contributed by atoms with Crippen LogP contribution in [0, 0.1) is 0 Å². The first-order valence-electron chi connectivity index (χ1n) is 7.25. The minimum absolute atomic E-state index is 0.132. The lowest BCUT2D eigenvalue weighted by Gasteiger charge is -2.17. The number of hydrogen-bond acceptors (Lipinski definition) is 5. The van der Waals surface area contributed by atoms with Gasteiger partial charge in [-0.1, -0.05) is 12.8 Å². The van der Waals surface area contributed by atoms with Crippen LogP contribution < -0.4 is 11.1 Å². The van der Waals surface area contributed by atoms with Crippen LogP contribution in [-0.4, -0.2) is 33.7 Å². The molecule has 2 amide bonds. The topological polar surface area (TPSA) is 116 Å². The molecule has 0 unspecified atom stereocenters. The third-order valence-corrected chi connectivity index (χ3v) is 3.69. The van der Waals surface area contributed by atoms with Gasteiger partial charge < -0.3 is 15.8 Å². The minimum Gasteiger partial charge on any atom is -0.453 e. The lowest BCUT2D eigenvalue weighted by molar-refractivity contribution is -0.150. The summed E-state index contributed by atoms with van der Waals surface area (Å²) in [6.45, 7) is 2.68. The second kappa shape index (κ2) is 6.59. The average molecular weight is 308 g/mol. The van der Waals surface area contributed by atoms with E-state index in [1.807, 2.05) is 0 Å². The first-order chi connectivity index (χ1) is 10.4. The van der Waals surface area contributed by atoms with Crippen molar-refractivity contribution in [2.75, 3.05) is 5.32 Å². The largest absolute Gasteiger partial charge is 0.453 e. The van der Waals surface area contributed by atoms with Crippen LogP contribution in [0.3, 0.4) is 0 Å². The van der Waals surface area contributed by atoms with Crippen LogP contribution in [0.5, 0.6) is 0 Å². The van der Waals surface area contributed by atoms with Gasteiger partial charge in [0.05, 0.1) is 12.2 Å². The van der Waals surface area contributed by atoms with Crippen molar-refractivity contribution in [1.82, 2.24) is 9.78 Å². The molecule has 8 nitrogen and oxygen atoms in total. The summed E-state index contributed by atoms with van der Waals surface area (Å²) in [5, 5.41) is 6.79. The zero-order chi connectivity index (χ0) is 16.3. The van der Waals surface area contributed by atoms with Gasteiger partial charge in [-0.05, 0) is 19.8 Å². The monoisotopic (exact) mass is 308 g/mol. The number of carbonyl (C=O) groups is 3. The summed E-state index contributed by atoms with van der Waals surface area (Å²) in [7, 11) is 0. The standard InChI is InChI=1S/C14H20N4O4/c1-8(22-9(2)19)14(21)17-13-11(12(15)20)7-16-18(13)10-5-3-4-6-10/h7-8,10H,3-6H2,1-2H3,(H2,15,20)(H,17,21)/t8-/m0/s1. The second-order valence-electron chi connectivity index (χ2n) is 5.39. The van der Waals surface area contributed by atoms with Gasteiger partial charge >= 0.3 is 5.97 Å². The molecule has 1 aromatic rings. The molecule has 1 fully saturated rings. The molecule has 0 aromatic carbocycles. The molecule has 0 saturated heterocycles. The maximum atomic E-state index is 12.1. The number of nitrogens with two attached hydrogens (primary N) is 1. The molecule has 120 valence electrons. The van der Waals surface area contributed by atoms with Gasteiger partial charge in [-0.2, -0.15) is 5.10 Å². The SMILES string of the molecule is CC(=O)O[C@@H](C)C(=O)Nc1c(C(N)=O)cnn1C1CCCC1. The van der Waals surface area contributed by atoms with Crippen LogP contribution >= 0.6 is 0 Å². The van der Waals surface area contributed by atoms with Gasteiger partial charge in [0.2, 0.25) is 0 Å². The highest BCUT2D eigenvalue weighted by atomic mass is 16.5. The normalized spacial score (nSPS) is 16.3. The Balaban J connectivity index is 2.23. The molecule has 8 heteroatoms. The number of carbonyl (C=O) groups excluding carboxylic acids is 3. The number of anilines is 1. The number of rotatable bonds is 5. The van der Waals surface area contributed by atoms with Crippen molar-refractivity contribution >= 4 is 23.6 Å². The van der Waals surface area contributed by atoms with Gasteiger partial charge in [0.1, 0.15) is 11.4 Å². The van der Waals surface area contributed by atoms with Crippen molar-refractivity contribution in [2.24, 2.45) is 5.73 Å². The van der Waals surface area contributed by atoms with E-state index in [0.29, 0.717) is 0 Å². The molecule has 0 aliphatic heterocycles. The van der Waals surface area contributed by atoms with Crippen LogP contribution in [0.4, 0.5) is 5.82 Å². The molecule has 3 N–H and O–H groups in total. The fourth-order valence-electron chi connectivity index (χ4n) is 2.61. The van der Waals surface area contributed by atoms with Crippen LogP contribution in [0.15, 0.2) is 6.20 Å². The van der Waals surface area contributed by atoms with E-state index >= 15 is 0 Å². The Morgan fingerprint density at radius 2 is 2.05 bits per heavy atom. The summed E-state index contributed by atoms with van der Waals surface area (Å²) in [6.07, 6.45) is 4.41. The van der Waals surface area contributed by atoms with E-state index in [2.05, 4.69) is 10.4 Å². The molecular weight excluding hydrogens is 288 g/mol. The van der Waals surface area contributed by atoms with Crippen molar-refractivity contribution < 1.29 is 19.1 Å². The number of hydrogen-bond donors (Lipinski definition) is 2. The van der Waals surface area contributed by atoms with Crippen molar-refractivity contribution in [3.63, 3.8) is 0 Å². The highest BCUT2D eigenvalue weighted by molar-refractivity contribution is 6.03. The van der Waals surface area contributed by atoms with E-state index < -0.39 is 23.9 Å². The van der Waals surface area contributed by atoms with Gasteiger partial charge in [-0.3, -0.25) is 14.4 Å². The summed E-state index contributed by atoms with van der Waals surface area (Å²) < 4.78 is 6.46. The van der Waals surface area contributed by atoms with Gasteiger partial charge in [0.15, 0.2) is 6.10 Å². The summed E-state index contributed by atoms with van der Waals surface area (Å²) in [6, 6.07) is 0.132. The summed E-state index contributed by atoms with van der Waals surface area (Å²) in [5.74, 6) is -1.48. The van der Waals surface area contributed by atoms with Crippen LogP contribution in [-0.2, 0) is 14.3 Å². The van der Waals surface area contributed by atoms with E-state index in [-0.39, 0.29) is 17.4 Å². The maximum Gasteiger partial charge on any atom is 0.303 e. The van der Waals surface area contributed by atoms with Gasteiger partial charge in [-0.15, -0.1) is 0 Å². The minimum atomic E-state index is -0.967. The van der Waals surface area contributed by atoms with Gasteiger partial charge in [0.25, 0.3) is 11.8 Å². The first-order valence-corrected chi connectivity index (χ1v) is 7.25. The van der Waals surface area contributed by atoms with E-state index in [0.717, 1.165) is 25.7 Å². The Morgan fingerprint density at radius 3 is 2.59 bits per heavy atom. The molecule has 0 radical (unpaired) electrons. The summed E-state index contributed by atoms with van der Waals surface area (Å²) in [5.41, 5.74) is 5.48. The van der Waals surface area contributed by atoms with Crippen LogP contribution in [0.2, 0.25) is 0 Å². The number of amides is 2. The van der Waals surface area contributed by atoms with Crippen LogP contribution in [0.25, 0.3) is 0 Å². The molecule has 2 rings (SSSR count). The average Bonchev–Trinajstić information content (AvgIpc) is 3.05. The van der Waals surface area contributed by atoms with E-state index in [4.69, 9.17) is 10.5 Å². The van der Waals surface area contributed by atoms with E-state index in [9.17, 15) is 14.4 Å². The number of aromatic nitrogens is 2. The maximum absolute atomic E-state index is 12.1. The smallest absolute Gasteiger partial charge is 0.303 e. The Kier molecular flexibility index (Phi) is 4.79. The zero-order valence-electron chi connectivity index (χ0n) is 12.7. The van der Waals surface area contributed by atoms with Gasteiger partial charge in [-0.25, -0.2) is 4.68 Å². The number of nitrogens with one attached hydrogen (secondary N) is 1. The van der Waals surface area contributed by atoms with Gasteiger partial charge in [0, 0.05) is 6.92 Å². The van der Waals surface area contributed by atoms with Crippen molar-refractivity contribution in [3.05, 3.63) is 11.8 Å². The zero-order valence-corrected chi connectivity index (χ0v) is 12.7. The van der Waals surface area contributed by atoms with Crippen molar-refractivity contribution in [2.45, 2.75) is 51.7 Å².